The van der Waals surface area contributed by atoms with Gasteiger partial charge in [-0.15, -0.1) is 11.8 Å². The topological polar surface area (TPSA) is 50.3 Å². The van der Waals surface area contributed by atoms with Crippen molar-refractivity contribution in [3.8, 4) is 0 Å². The molecule has 0 aromatic carbocycles. The number of thioether (sulfide) groups is 1. The van der Waals surface area contributed by atoms with E-state index in [1.54, 1.807) is 22.1 Å². The van der Waals surface area contributed by atoms with Gasteiger partial charge in [0.05, 0.1) is 5.03 Å². The zero-order chi connectivity index (χ0) is 15.6. The average Bonchev–Trinajstić information content (AvgIpc) is 2.94. The molecule has 1 aromatic rings. The Hall–Kier alpha value is -0.590. The van der Waals surface area contributed by atoms with Crippen LogP contribution in [0.25, 0.3) is 0 Å². The third-order valence-electron chi connectivity index (χ3n) is 4.60. The molecule has 1 aromatic heterocycles. The maximum atomic E-state index is 12.6. The fraction of sp³-hybridized carbons (Fsp3) is 0.688. The Morgan fingerprint density at radius 2 is 1.95 bits per heavy atom. The summed E-state index contributed by atoms with van der Waals surface area (Å²) in [5.41, 5.74) is 0. The molecule has 1 saturated carbocycles. The van der Waals surface area contributed by atoms with E-state index in [2.05, 4.69) is 11.9 Å². The number of hydrogen-bond donors (Lipinski definition) is 0. The lowest BCUT2D eigenvalue weighted by Crippen LogP contribution is -2.35. The third-order valence-corrected chi connectivity index (χ3v) is 7.72. The Bertz CT molecular complexity index is 595. The zero-order valence-corrected chi connectivity index (χ0v) is 14.7. The minimum Gasteiger partial charge on any atom is -0.249 e. The van der Waals surface area contributed by atoms with E-state index in [0.717, 1.165) is 30.2 Å². The van der Waals surface area contributed by atoms with E-state index in [4.69, 9.17) is 0 Å². The van der Waals surface area contributed by atoms with Crippen molar-refractivity contribution in [2.45, 2.75) is 60.6 Å². The number of hydrogen-bond acceptors (Lipinski definition) is 4. The summed E-state index contributed by atoms with van der Waals surface area (Å²) in [5, 5.41) is 1.57. The quantitative estimate of drug-likeness (QED) is 0.841. The van der Waals surface area contributed by atoms with Gasteiger partial charge in [-0.2, -0.15) is 4.31 Å². The van der Waals surface area contributed by atoms with Gasteiger partial charge >= 0.3 is 0 Å². The third kappa shape index (κ3) is 3.66. The number of pyridine rings is 1. The number of nitrogens with zero attached hydrogens (tertiary/aromatic N) is 2. The summed E-state index contributed by atoms with van der Waals surface area (Å²) in [7, 11) is -3.35. The first kappa shape index (κ1) is 16.3. The molecule has 2 aliphatic rings. The van der Waals surface area contributed by atoms with E-state index >= 15 is 0 Å². The van der Waals surface area contributed by atoms with E-state index in [-0.39, 0.29) is 0 Å². The fourth-order valence-electron chi connectivity index (χ4n) is 3.28. The van der Waals surface area contributed by atoms with Crippen molar-refractivity contribution in [1.82, 2.24) is 9.29 Å². The van der Waals surface area contributed by atoms with Crippen molar-refractivity contribution in [2.24, 2.45) is 5.92 Å². The van der Waals surface area contributed by atoms with Gasteiger partial charge < -0.3 is 0 Å². The van der Waals surface area contributed by atoms with Crippen LogP contribution < -0.4 is 0 Å². The SMILES string of the molecule is C[C@H]1CC[C@@H](Sc2ccc(S(=O)(=O)N3CCCCC3)cn2)C1. The molecule has 3 rings (SSSR count). The van der Waals surface area contributed by atoms with Crippen LogP contribution >= 0.6 is 11.8 Å². The van der Waals surface area contributed by atoms with Crippen molar-refractivity contribution >= 4 is 21.8 Å². The first-order chi connectivity index (χ1) is 10.6. The molecule has 2 heterocycles. The molecular weight excluding hydrogens is 316 g/mol. The Balaban J connectivity index is 1.68. The number of aromatic nitrogens is 1. The van der Waals surface area contributed by atoms with Crippen molar-refractivity contribution in [1.29, 1.82) is 0 Å². The number of piperidine rings is 1. The van der Waals surface area contributed by atoms with Gasteiger partial charge in [-0.25, -0.2) is 13.4 Å². The Morgan fingerprint density at radius 1 is 1.18 bits per heavy atom. The van der Waals surface area contributed by atoms with E-state index in [0.29, 0.717) is 23.2 Å². The standard InChI is InChI=1S/C16H24N2O2S2/c1-13-5-6-14(11-13)21-16-8-7-15(12-17-16)22(19,20)18-9-3-2-4-10-18/h7-8,12-14H,2-6,9-11H2,1H3/t13-,14+/m0/s1. The van der Waals surface area contributed by atoms with Gasteiger partial charge in [0.15, 0.2) is 0 Å². The first-order valence-electron chi connectivity index (χ1n) is 8.18. The van der Waals surface area contributed by atoms with Crippen LogP contribution in [-0.2, 0) is 10.0 Å². The summed E-state index contributed by atoms with van der Waals surface area (Å²) in [6, 6.07) is 3.59. The van der Waals surface area contributed by atoms with Crippen LogP contribution in [0.2, 0.25) is 0 Å². The summed E-state index contributed by atoms with van der Waals surface area (Å²) in [5.74, 6) is 0.802. The lowest BCUT2D eigenvalue weighted by Gasteiger charge is -2.25. The number of sulfonamides is 1. The highest BCUT2D eigenvalue weighted by atomic mass is 32.2. The normalized spacial score (nSPS) is 27.1. The van der Waals surface area contributed by atoms with Crippen LogP contribution in [-0.4, -0.2) is 36.0 Å². The van der Waals surface area contributed by atoms with Gasteiger partial charge in [0, 0.05) is 24.5 Å². The van der Waals surface area contributed by atoms with E-state index in [1.165, 1.54) is 25.5 Å². The highest BCUT2D eigenvalue weighted by Crippen LogP contribution is 2.37. The van der Waals surface area contributed by atoms with E-state index in [9.17, 15) is 8.42 Å². The van der Waals surface area contributed by atoms with E-state index < -0.39 is 10.0 Å². The molecule has 1 aliphatic heterocycles. The second kappa shape index (κ2) is 6.89. The van der Waals surface area contributed by atoms with Gasteiger partial charge in [-0.1, -0.05) is 13.3 Å². The molecule has 6 heteroatoms. The Kier molecular flexibility index (Phi) is 5.10. The lowest BCUT2D eigenvalue weighted by molar-refractivity contribution is 0.346. The summed E-state index contributed by atoms with van der Waals surface area (Å²) in [6.07, 6.45) is 8.34. The van der Waals surface area contributed by atoms with Crippen LogP contribution in [0, 0.1) is 5.92 Å². The van der Waals surface area contributed by atoms with Gasteiger partial charge in [0.25, 0.3) is 0 Å². The minimum atomic E-state index is -3.35. The highest BCUT2D eigenvalue weighted by molar-refractivity contribution is 7.99. The number of rotatable bonds is 4. The van der Waals surface area contributed by atoms with Gasteiger partial charge in [-0.05, 0) is 50.2 Å². The predicted molar refractivity (Wildman–Crippen MR) is 89.5 cm³/mol. The van der Waals surface area contributed by atoms with Crippen LogP contribution in [0.1, 0.15) is 45.4 Å². The monoisotopic (exact) mass is 340 g/mol. The summed E-state index contributed by atoms with van der Waals surface area (Å²) >= 11 is 1.79. The molecule has 4 nitrogen and oxygen atoms in total. The molecule has 0 bridgehead atoms. The predicted octanol–water partition coefficient (Wildman–Crippen LogP) is 3.54. The summed E-state index contributed by atoms with van der Waals surface area (Å²) in [4.78, 5) is 4.72. The van der Waals surface area contributed by atoms with Crippen molar-refractivity contribution in [3.05, 3.63) is 18.3 Å². The van der Waals surface area contributed by atoms with Crippen LogP contribution in [0.15, 0.2) is 28.3 Å². The molecule has 1 saturated heterocycles. The minimum absolute atomic E-state index is 0.332. The maximum Gasteiger partial charge on any atom is 0.244 e. The molecule has 22 heavy (non-hydrogen) atoms. The molecule has 2 fully saturated rings. The smallest absolute Gasteiger partial charge is 0.244 e. The van der Waals surface area contributed by atoms with Crippen LogP contribution in [0.5, 0.6) is 0 Å². The molecule has 0 unspecified atom stereocenters. The molecule has 0 N–H and O–H groups in total. The van der Waals surface area contributed by atoms with Crippen LogP contribution in [0.3, 0.4) is 0 Å². The molecule has 0 amide bonds. The maximum absolute atomic E-state index is 12.6. The van der Waals surface area contributed by atoms with Gasteiger partial charge in [0.1, 0.15) is 4.90 Å². The molecule has 122 valence electrons. The van der Waals surface area contributed by atoms with Crippen LogP contribution in [0.4, 0.5) is 0 Å². The first-order valence-corrected chi connectivity index (χ1v) is 10.5. The van der Waals surface area contributed by atoms with Gasteiger partial charge in [0.2, 0.25) is 10.0 Å². The average molecular weight is 341 g/mol. The summed E-state index contributed by atoms with van der Waals surface area (Å²) in [6.45, 7) is 3.57. The molecule has 0 radical (unpaired) electrons. The fourth-order valence-corrected chi connectivity index (χ4v) is 6.02. The zero-order valence-electron chi connectivity index (χ0n) is 13.1. The summed E-state index contributed by atoms with van der Waals surface area (Å²) < 4.78 is 26.7. The lowest BCUT2D eigenvalue weighted by atomic mass is 10.1. The van der Waals surface area contributed by atoms with Crippen molar-refractivity contribution in [2.75, 3.05) is 13.1 Å². The second-order valence-electron chi connectivity index (χ2n) is 6.45. The molecule has 2 atom stereocenters. The molecule has 0 spiro atoms. The van der Waals surface area contributed by atoms with Crippen molar-refractivity contribution < 1.29 is 8.42 Å². The second-order valence-corrected chi connectivity index (χ2v) is 9.71. The van der Waals surface area contributed by atoms with Gasteiger partial charge in [-0.3, -0.25) is 0 Å². The molecular formula is C16H24N2O2S2. The Morgan fingerprint density at radius 3 is 2.55 bits per heavy atom. The van der Waals surface area contributed by atoms with Crippen molar-refractivity contribution in [3.63, 3.8) is 0 Å². The molecule has 1 aliphatic carbocycles. The highest BCUT2D eigenvalue weighted by Gasteiger charge is 2.27. The Labute approximate surface area is 137 Å². The largest absolute Gasteiger partial charge is 0.249 e. The van der Waals surface area contributed by atoms with E-state index in [1.807, 2.05) is 6.07 Å².